The van der Waals surface area contributed by atoms with Crippen LogP contribution in [0.4, 0.5) is 0 Å². The van der Waals surface area contributed by atoms with Gasteiger partial charge in [0.1, 0.15) is 54.9 Å². The van der Waals surface area contributed by atoms with E-state index in [0.717, 1.165) is 44.5 Å². The molecule has 0 radical (unpaired) electrons. The third-order valence-corrected chi connectivity index (χ3v) is 13.9. The minimum atomic E-state index is -1.03. The molecule has 8 aromatic rings. The fraction of sp³-hybridized carbons (Fsp3) is 0.284. The Morgan fingerprint density at radius 3 is 0.701 bits per heavy atom. The molecule has 1 heterocycles. The topological polar surface area (TPSA) is 92.3 Å². The van der Waals surface area contributed by atoms with Gasteiger partial charge in [0.2, 0.25) is 0 Å². The highest BCUT2D eigenvalue weighted by atomic mass is 16.7. The molecule has 396 valence electrons. The van der Waals surface area contributed by atoms with Crippen molar-refractivity contribution >= 4 is 0 Å². The van der Waals surface area contributed by atoms with E-state index in [9.17, 15) is 0 Å². The smallest absolute Gasteiger partial charge is 0.187 e. The zero-order valence-electron chi connectivity index (χ0n) is 43.3. The van der Waals surface area contributed by atoms with E-state index in [-0.39, 0.29) is 46.2 Å². The predicted octanol–water partition coefficient (Wildman–Crippen LogP) is 12.4. The maximum atomic E-state index is 7.66. The summed E-state index contributed by atoms with van der Waals surface area (Å²) in [6.45, 7) is 2.30. The highest BCUT2D eigenvalue weighted by molar-refractivity contribution is 5.20. The van der Waals surface area contributed by atoms with Crippen molar-refractivity contribution in [3.8, 4) is 0 Å². The molecule has 77 heavy (non-hydrogen) atoms. The van der Waals surface area contributed by atoms with Crippen LogP contribution in [-0.4, -0.2) is 67.8 Å². The molecule has 1 saturated carbocycles. The summed E-state index contributed by atoms with van der Waals surface area (Å²) in [5.74, 6) is 0. The predicted molar refractivity (Wildman–Crippen MR) is 295 cm³/mol. The normalized spacial score (nSPS) is 23.3. The van der Waals surface area contributed by atoms with Gasteiger partial charge in [-0.3, -0.25) is 0 Å². The minimum absolute atomic E-state index is 0.143. The zero-order valence-corrected chi connectivity index (χ0v) is 43.3. The van der Waals surface area contributed by atoms with E-state index < -0.39 is 61.2 Å². The third-order valence-electron chi connectivity index (χ3n) is 13.9. The van der Waals surface area contributed by atoms with E-state index in [1.54, 1.807) is 0 Å². The minimum Gasteiger partial charge on any atom is -0.368 e. The Morgan fingerprint density at radius 2 is 0.442 bits per heavy atom. The highest BCUT2D eigenvalue weighted by Gasteiger charge is 2.57. The lowest BCUT2D eigenvalue weighted by atomic mass is 9.83. The van der Waals surface area contributed by atoms with Crippen LogP contribution < -0.4 is 0 Å². The molecular formula is C67H68O10. The van der Waals surface area contributed by atoms with E-state index in [1.165, 1.54) is 0 Å². The molecule has 0 aromatic heterocycles. The first-order chi connectivity index (χ1) is 38.2. The summed E-state index contributed by atoms with van der Waals surface area (Å²) >= 11 is 0. The van der Waals surface area contributed by atoms with Gasteiger partial charge in [0.05, 0.1) is 59.5 Å². The molecule has 10 atom stereocenters. The van der Waals surface area contributed by atoms with Crippen LogP contribution in [0.25, 0.3) is 0 Å². The number of hydrogen-bond donors (Lipinski definition) is 0. The van der Waals surface area contributed by atoms with Gasteiger partial charge >= 0.3 is 0 Å². The van der Waals surface area contributed by atoms with Crippen LogP contribution in [0.15, 0.2) is 243 Å². The van der Waals surface area contributed by atoms with Gasteiger partial charge in [-0.25, -0.2) is 0 Å². The van der Waals surface area contributed by atoms with Crippen molar-refractivity contribution in [2.24, 2.45) is 0 Å². The van der Waals surface area contributed by atoms with Crippen LogP contribution in [0, 0.1) is 0 Å². The average Bonchev–Trinajstić information content (AvgIpc) is 3.54. The second-order valence-electron chi connectivity index (χ2n) is 19.5. The molecule has 10 heteroatoms. The van der Waals surface area contributed by atoms with Gasteiger partial charge < -0.3 is 47.4 Å². The van der Waals surface area contributed by atoms with Gasteiger partial charge in [0, 0.05) is 0 Å². The first-order valence-corrected chi connectivity index (χ1v) is 26.7. The summed E-state index contributed by atoms with van der Waals surface area (Å²) in [4.78, 5) is 0. The average molecular weight is 1030 g/mol. The first-order valence-electron chi connectivity index (χ1n) is 26.7. The van der Waals surface area contributed by atoms with Crippen LogP contribution in [-0.2, 0) is 100 Å². The zero-order chi connectivity index (χ0) is 52.1. The third kappa shape index (κ3) is 15.5. The van der Waals surface area contributed by atoms with E-state index in [1.807, 2.05) is 158 Å². The molecule has 0 amide bonds. The van der Waals surface area contributed by atoms with Crippen LogP contribution in [0.3, 0.4) is 0 Å². The van der Waals surface area contributed by atoms with Crippen molar-refractivity contribution in [3.05, 3.63) is 287 Å². The lowest BCUT2D eigenvalue weighted by molar-refractivity contribution is -0.350. The molecule has 2 fully saturated rings. The molecule has 10 nitrogen and oxygen atoms in total. The first kappa shape index (κ1) is 53.7. The van der Waals surface area contributed by atoms with Crippen LogP contribution in [0.1, 0.15) is 44.5 Å². The fourth-order valence-electron chi connectivity index (χ4n) is 9.91. The Hall–Kier alpha value is -6.64. The molecule has 0 N–H and O–H groups in total. The monoisotopic (exact) mass is 1030 g/mol. The molecular weight excluding hydrogens is 965 g/mol. The van der Waals surface area contributed by atoms with Gasteiger partial charge in [-0.2, -0.15) is 0 Å². The van der Waals surface area contributed by atoms with Crippen LogP contribution >= 0.6 is 0 Å². The molecule has 8 aromatic carbocycles. The summed E-state index contributed by atoms with van der Waals surface area (Å²) in [7, 11) is 0. The maximum Gasteiger partial charge on any atom is 0.187 e. The largest absolute Gasteiger partial charge is 0.368 e. The molecule has 1 saturated heterocycles. The van der Waals surface area contributed by atoms with E-state index in [0.29, 0.717) is 13.2 Å². The molecule has 2 aliphatic rings. The van der Waals surface area contributed by atoms with Crippen molar-refractivity contribution in [3.63, 3.8) is 0 Å². The van der Waals surface area contributed by atoms with Crippen LogP contribution in [0.5, 0.6) is 0 Å². The quantitative estimate of drug-likeness (QED) is 0.0522. The van der Waals surface area contributed by atoms with Gasteiger partial charge in [0.15, 0.2) is 6.29 Å². The number of hydrogen-bond acceptors (Lipinski definition) is 10. The van der Waals surface area contributed by atoms with Gasteiger partial charge in [-0.1, -0.05) is 243 Å². The fourth-order valence-corrected chi connectivity index (χ4v) is 9.91. The summed E-state index contributed by atoms with van der Waals surface area (Å²) in [6.07, 6.45) is -7.90. The van der Waals surface area contributed by atoms with Crippen molar-refractivity contribution in [2.75, 3.05) is 6.61 Å². The SMILES string of the molecule is c1ccc(COC2[C@@H](OCc3ccccc3)[C@H](OCc3ccccc3)C(O[C@@H]3OC[C@H](OCc4ccccc4)[C@H](OCc4ccccc4)[C@H]3OCc3ccccc3)[C@H](OCc3ccccc3)[C@H]2OCc2ccccc2)cc1. The highest BCUT2D eigenvalue weighted by Crippen LogP contribution is 2.39. The second-order valence-corrected chi connectivity index (χ2v) is 19.5. The Bertz CT molecular complexity index is 2750. The summed E-state index contributed by atoms with van der Waals surface area (Å²) in [5, 5.41) is 0. The molecule has 1 aliphatic carbocycles. The Morgan fingerprint density at radius 1 is 0.234 bits per heavy atom. The Balaban J connectivity index is 1.08. The Kier molecular flexibility index (Phi) is 20.0. The van der Waals surface area contributed by atoms with Gasteiger partial charge in [-0.05, 0) is 44.5 Å². The van der Waals surface area contributed by atoms with Crippen molar-refractivity contribution in [2.45, 2.75) is 114 Å². The second kappa shape index (κ2) is 28.7. The maximum absolute atomic E-state index is 7.66. The molecule has 1 aliphatic heterocycles. The van der Waals surface area contributed by atoms with Crippen molar-refractivity contribution in [1.29, 1.82) is 0 Å². The molecule has 0 spiro atoms. The number of rotatable bonds is 26. The van der Waals surface area contributed by atoms with E-state index in [2.05, 4.69) is 84.9 Å². The van der Waals surface area contributed by atoms with Gasteiger partial charge in [0.25, 0.3) is 0 Å². The molecule has 2 unspecified atom stereocenters. The van der Waals surface area contributed by atoms with Gasteiger partial charge in [-0.15, -0.1) is 0 Å². The summed E-state index contributed by atoms with van der Waals surface area (Å²) in [5.41, 5.74) is 7.95. The number of ether oxygens (including phenoxy) is 10. The van der Waals surface area contributed by atoms with Crippen LogP contribution in [0.2, 0.25) is 0 Å². The number of benzene rings is 8. The molecule has 0 bridgehead atoms. The standard InChI is InChI=1S/C67H68O10/c1-9-25-50(26-10-1)41-68-58-49-76-67(66(75-48-57-39-23-8-24-40-57)59(58)69-42-51-27-11-2-12-28-51)77-65-63(73-46-55-35-19-6-20-36-55)61(71-44-53-31-15-4-16-32-53)60(70-43-52-29-13-3-14-30-52)62(72-45-54-33-17-5-18-34-54)64(65)74-47-56-37-21-7-22-38-56/h1-40,58-67H,41-49H2/t58-,59-,60?,61-,62+,63+,64-,65?,66+,67-/m0/s1. The van der Waals surface area contributed by atoms with E-state index in [4.69, 9.17) is 47.4 Å². The van der Waals surface area contributed by atoms with Crippen molar-refractivity contribution in [1.82, 2.24) is 0 Å². The van der Waals surface area contributed by atoms with E-state index >= 15 is 0 Å². The lowest BCUT2D eigenvalue weighted by Crippen LogP contribution is -2.69. The lowest BCUT2D eigenvalue weighted by Gasteiger charge is -2.51. The molecule has 10 rings (SSSR count). The van der Waals surface area contributed by atoms with Crippen molar-refractivity contribution < 1.29 is 47.4 Å². The summed E-state index contributed by atoms with van der Waals surface area (Å²) < 4.78 is 71.7. The Labute approximate surface area is 453 Å². The summed E-state index contributed by atoms with van der Waals surface area (Å²) in [6, 6.07) is 81.1.